The molecule has 25 heavy (non-hydrogen) atoms. The van der Waals surface area contributed by atoms with Crippen molar-refractivity contribution >= 4 is 51.5 Å². The number of sulfone groups is 1. The van der Waals surface area contributed by atoms with Crippen molar-refractivity contribution in [3.63, 3.8) is 0 Å². The Hall–Kier alpha value is -0.480. The van der Waals surface area contributed by atoms with E-state index >= 15 is 0 Å². The number of nitrogens with one attached hydrogen (secondary N) is 2. The van der Waals surface area contributed by atoms with Crippen molar-refractivity contribution in [2.45, 2.75) is 42.9 Å². The van der Waals surface area contributed by atoms with E-state index in [1.165, 1.54) is 24.9 Å². The number of rotatable bonds is 6. The quantitative estimate of drug-likeness (QED) is 0.359. The zero-order chi connectivity index (χ0) is 17.6. The molecule has 0 aliphatic carbocycles. The van der Waals surface area contributed by atoms with Gasteiger partial charge in [0.15, 0.2) is 15.8 Å². The molecule has 1 aliphatic heterocycles. The van der Waals surface area contributed by atoms with Gasteiger partial charge < -0.3 is 10.6 Å². The van der Waals surface area contributed by atoms with Crippen molar-refractivity contribution < 1.29 is 8.42 Å². The molecule has 0 aromatic heterocycles. The predicted molar refractivity (Wildman–Crippen MR) is 118 cm³/mol. The van der Waals surface area contributed by atoms with Crippen LogP contribution < -0.4 is 10.6 Å². The van der Waals surface area contributed by atoms with Crippen molar-refractivity contribution in [3.8, 4) is 0 Å². The fourth-order valence-corrected chi connectivity index (χ4v) is 4.48. The highest BCUT2D eigenvalue weighted by Crippen LogP contribution is 2.36. The van der Waals surface area contributed by atoms with E-state index in [4.69, 9.17) is 0 Å². The van der Waals surface area contributed by atoms with Gasteiger partial charge in [-0.25, -0.2) is 13.4 Å². The lowest BCUT2D eigenvalue weighted by atomic mass is 10.1. The van der Waals surface area contributed by atoms with Crippen LogP contribution in [0.1, 0.15) is 32.3 Å². The van der Waals surface area contributed by atoms with Gasteiger partial charge >= 0.3 is 0 Å². The molecule has 1 unspecified atom stereocenters. The van der Waals surface area contributed by atoms with Crippen LogP contribution in [-0.4, -0.2) is 44.2 Å². The predicted octanol–water partition coefficient (Wildman–Crippen LogP) is 3.05. The minimum absolute atomic E-state index is 0. The molecule has 1 fully saturated rings. The second-order valence-corrected chi connectivity index (χ2v) is 10.1. The van der Waals surface area contributed by atoms with Gasteiger partial charge in [-0.15, -0.1) is 24.0 Å². The summed E-state index contributed by atoms with van der Waals surface area (Å²) < 4.78 is 23.3. The molecule has 8 heteroatoms. The van der Waals surface area contributed by atoms with E-state index in [1.54, 1.807) is 12.1 Å². The van der Waals surface area contributed by atoms with Crippen molar-refractivity contribution in [2.24, 2.45) is 4.99 Å². The molecule has 1 heterocycles. The molecule has 5 nitrogen and oxygen atoms in total. The Morgan fingerprint density at radius 2 is 1.96 bits per heavy atom. The Labute approximate surface area is 172 Å². The molecule has 1 aromatic rings. The van der Waals surface area contributed by atoms with Crippen molar-refractivity contribution in [1.82, 2.24) is 10.6 Å². The summed E-state index contributed by atoms with van der Waals surface area (Å²) in [5, 5.41) is 6.69. The molecule has 142 valence electrons. The van der Waals surface area contributed by atoms with Gasteiger partial charge in [-0.1, -0.05) is 12.1 Å². The van der Waals surface area contributed by atoms with Gasteiger partial charge in [-0.05, 0) is 50.1 Å². The molecular weight excluding hydrogens is 469 g/mol. The summed E-state index contributed by atoms with van der Waals surface area (Å²) in [5.74, 6) is 2.04. The van der Waals surface area contributed by atoms with Gasteiger partial charge in [-0.3, -0.25) is 0 Å². The second-order valence-electron chi connectivity index (χ2n) is 6.37. The molecule has 0 amide bonds. The smallest absolute Gasteiger partial charge is 0.191 e. The molecular formula is C17H28IN3O2S2. The summed E-state index contributed by atoms with van der Waals surface area (Å²) >= 11 is 2.02. The first-order chi connectivity index (χ1) is 11.3. The number of aliphatic imine (C=N–C) groups is 1. The van der Waals surface area contributed by atoms with Gasteiger partial charge in [-0.2, -0.15) is 11.8 Å². The van der Waals surface area contributed by atoms with Crippen LogP contribution in [0, 0.1) is 0 Å². The third-order valence-electron chi connectivity index (χ3n) is 4.05. The highest BCUT2D eigenvalue weighted by Gasteiger charge is 2.29. The van der Waals surface area contributed by atoms with Crippen LogP contribution >= 0.6 is 35.7 Å². The lowest BCUT2D eigenvalue weighted by Gasteiger charge is -2.24. The number of guanidine groups is 1. The van der Waals surface area contributed by atoms with E-state index in [9.17, 15) is 8.42 Å². The lowest BCUT2D eigenvalue weighted by molar-refractivity contribution is 0.584. The Balaban J connectivity index is 0.00000312. The van der Waals surface area contributed by atoms with E-state index < -0.39 is 9.84 Å². The maximum atomic E-state index is 11.5. The number of nitrogens with zero attached hydrogens (tertiary/aromatic N) is 1. The number of hydrogen-bond acceptors (Lipinski definition) is 4. The maximum absolute atomic E-state index is 11.5. The largest absolute Gasteiger partial charge is 0.357 e. The summed E-state index contributed by atoms with van der Waals surface area (Å²) in [7, 11) is -3.15. The highest BCUT2D eigenvalue weighted by atomic mass is 127. The summed E-state index contributed by atoms with van der Waals surface area (Å²) in [6, 6.07) is 6.91. The Morgan fingerprint density at radius 1 is 1.28 bits per heavy atom. The monoisotopic (exact) mass is 497 g/mol. The van der Waals surface area contributed by atoms with E-state index in [2.05, 4.69) is 22.5 Å². The topological polar surface area (TPSA) is 70.6 Å². The highest BCUT2D eigenvalue weighted by molar-refractivity contribution is 14.0. The first-order valence-corrected chi connectivity index (χ1v) is 11.2. The van der Waals surface area contributed by atoms with Crippen LogP contribution in [0.5, 0.6) is 0 Å². The van der Waals surface area contributed by atoms with E-state index in [0.717, 1.165) is 24.6 Å². The number of halogens is 1. The van der Waals surface area contributed by atoms with E-state index in [1.807, 2.05) is 30.8 Å². The van der Waals surface area contributed by atoms with E-state index in [0.29, 0.717) is 11.4 Å². The number of hydrogen-bond donors (Lipinski definition) is 2. The molecule has 1 atom stereocenters. The summed E-state index contributed by atoms with van der Waals surface area (Å²) in [6.45, 7) is 6.57. The molecule has 1 aliphatic rings. The SMILES string of the molecule is CCNC(=NCc1ccc(S(C)(=O)=O)cc1)NCC1(C)CCCS1.I. The molecule has 1 saturated heterocycles. The standard InChI is InChI=1S/C17H27N3O2S2.HI/c1-4-18-16(20-13-17(2)10-5-11-23-17)19-12-14-6-8-15(9-7-14)24(3,21)22;/h6-9H,4-5,10-13H2,1-3H3,(H2,18,19,20);1H. The lowest BCUT2D eigenvalue weighted by Crippen LogP contribution is -2.43. The van der Waals surface area contributed by atoms with Gasteiger partial charge in [0.25, 0.3) is 0 Å². The second kappa shape index (κ2) is 10.0. The average Bonchev–Trinajstić information content (AvgIpc) is 2.97. The fraction of sp³-hybridized carbons (Fsp3) is 0.588. The van der Waals surface area contributed by atoms with Crippen LogP contribution in [0.25, 0.3) is 0 Å². The summed E-state index contributed by atoms with van der Waals surface area (Å²) in [6.07, 6.45) is 3.73. The summed E-state index contributed by atoms with van der Waals surface area (Å²) in [5.41, 5.74) is 0.987. The molecule has 0 spiro atoms. The van der Waals surface area contributed by atoms with Gasteiger partial charge in [0, 0.05) is 24.1 Å². The number of benzene rings is 1. The number of thioether (sulfide) groups is 1. The van der Waals surface area contributed by atoms with Gasteiger partial charge in [0.1, 0.15) is 0 Å². The minimum Gasteiger partial charge on any atom is -0.357 e. The van der Waals surface area contributed by atoms with Gasteiger partial charge in [0.05, 0.1) is 11.4 Å². The maximum Gasteiger partial charge on any atom is 0.191 e. The van der Waals surface area contributed by atoms with Crippen molar-refractivity contribution in [2.75, 3.05) is 25.1 Å². The molecule has 2 rings (SSSR count). The molecule has 2 N–H and O–H groups in total. The Morgan fingerprint density at radius 3 is 2.48 bits per heavy atom. The Kier molecular flexibility index (Phi) is 9.03. The van der Waals surface area contributed by atoms with Crippen LogP contribution in [0.4, 0.5) is 0 Å². The third kappa shape index (κ3) is 7.34. The van der Waals surface area contributed by atoms with Gasteiger partial charge in [0.2, 0.25) is 0 Å². The molecule has 0 saturated carbocycles. The normalized spacial score (nSPS) is 20.8. The zero-order valence-electron chi connectivity index (χ0n) is 15.0. The summed E-state index contributed by atoms with van der Waals surface area (Å²) in [4.78, 5) is 4.94. The average molecular weight is 497 g/mol. The first kappa shape index (κ1) is 22.6. The van der Waals surface area contributed by atoms with Crippen molar-refractivity contribution in [1.29, 1.82) is 0 Å². The molecule has 1 aromatic carbocycles. The van der Waals surface area contributed by atoms with Crippen LogP contribution in [0.2, 0.25) is 0 Å². The minimum atomic E-state index is -3.15. The van der Waals surface area contributed by atoms with E-state index in [-0.39, 0.29) is 28.7 Å². The zero-order valence-corrected chi connectivity index (χ0v) is 19.0. The molecule has 0 bridgehead atoms. The van der Waals surface area contributed by atoms with Crippen LogP contribution in [0.15, 0.2) is 34.2 Å². The van der Waals surface area contributed by atoms with Crippen molar-refractivity contribution in [3.05, 3.63) is 29.8 Å². The Bertz CT molecular complexity index is 670. The molecule has 0 radical (unpaired) electrons. The van der Waals surface area contributed by atoms with Crippen LogP contribution in [-0.2, 0) is 16.4 Å². The van der Waals surface area contributed by atoms with Crippen LogP contribution in [0.3, 0.4) is 0 Å². The third-order valence-corrected chi connectivity index (χ3v) is 6.71. The fourth-order valence-electron chi connectivity index (χ4n) is 2.60. The first-order valence-electron chi connectivity index (χ1n) is 8.27.